The first-order chi connectivity index (χ1) is 31.5. The van der Waals surface area contributed by atoms with Gasteiger partial charge < -0.3 is 14.2 Å². The summed E-state index contributed by atoms with van der Waals surface area (Å²) in [7, 11) is 0. The van der Waals surface area contributed by atoms with Crippen LogP contribution in [0.15, 0.2) is 146 Å². The van der Waals surface area contributed by atoms with Crippen LogP contribution in [0, 0.1) is 0 Å². The largest absolute Gasteiger partial charge is 0.462 e. The van der Waals surface area contributed by atoms with Gasteiger partial charge in [0.15, 0.2) is 6.10 Å². The van der Waals surface area contributed by atoms with E-state index in [1.165, 1.54) is 25.7 Å². The molecule has 0 rings (SSSR count). The van der Waals surface area contributed by atoms with Crippen LogP contribution in [0.4, 0.5) is 0 Å². The number of carbonyl (C=O) groups excluding carboxylic acids is 3. The maximum absolute atomic E-state index is 12.8. The molecule has 6 heteroatoms. The highest BCUT2D eigenvalue weighted by molar-refractivity contribution is 5.71. The fourth-order valence-corrected chi connectivity index (χ4v) is 5.95. The molecule has 0 spiro atoms. The Morgan fingerprint density at radius 1 is 0.344 bits per heavy atom. The van der Waals surface area contributed by atoms with Crippen LogP contribution in [-0.2, 0) is 28.6 Å². The van der Waals surface area contributed by atoms with Gasteiger partial charge in [-0.15, -0.1) is 0 Å². The van der Waals surface area contributed by atoms with E-state index in [0.29, 0.717) is 19.3 Å². The third-order valence-electron chi connectivity index (χ3n) is 9.63. The molecule has 6 nitrogen and oxygen atoms in total. The average Bonchev–Trinajstić information content (AvgIpc) is 3.29. The maximum Gasteiger partial charge on any atom is 0.306 e. The van der Waals surface area contributed by atoms with Crippen LogP contribution >= 0.6 is 0 Å². The molecule has 0 saturated carbocycles. The van der Waals surface area contributed by atoms with Crippen molar-refractivity contribution in [3.05, 3.63) is 146 Å². The standard InChI is InChI=1S/C58H88O6/c1-4-7-10-13-16-19-22-25-27-29-31-33-36-39-42-45-48-51-57(60)63-54-55(53-62-56(59)50-47-44-41-38-35-32-24-21-18-15-12-9-6-3)64-58(61)52-49-46-43-40-37-34-30-28-26-23-20-17-14-11-8-5-2/h8-9,11-12,15-21,24-28,31,33-34,37,39,42-43,46,55H,4-7,10,13-14,22-23,29-30,32,35-36,38,40-41,44-45,47-54H2,1-3H3/b11-8-,12-9-,18-15-,19-16-,20-17-,24-21-,27-25-,28-26-,33-31-,37-34-,42-39-,46-43-. The summed E-state index contributed by atoms with van der Waals surface area (Å²) >= 11 is 0. The van der Waals surface area contributed by atoms with Crippen LogP contribution in [0.2, 0.25) is 0 Å². The smallest absolute Gasteiger partial charge is 0.306 e. The van der Waals surface area contributed by atoms with Gasteiger partial charge in [0.25, 0.3) is 0 Å². The van der Waals surface area contributed by atoms with Crippen LogP contribution in [0.25, 0.3) is 0 Å². The minimum absolute atomic E-state index is 0.142. The summed E-state index contributed by atoms with van der Waals surface area (Å²) in [5.41, 5.74) is 0. The molecule has 0 N–H and O–H groups in total. The molecule has 0 saturated heterocycles. The molecule has 0 aliphatic carbocycles. The fraction of sp³-hybridized carbons (Fsp3) is 0.534. The van der Waals surface area contributed by atoms with Gasteiger partial charge in [-0.05, 0) is 109 Å². The molecule has 356 valence electrons. The zero-order valence-electron chi connectivity index (χ0n) is 40.5. The summed E-state index contributed by atoms with van der Waals surface area (Å²) in [5, 5.41) is 0. The molecule has 0 aromatic heterocycles. The second-order valence-corrected chi connectivity index (χ2v) is 15.7. The van der Waals surface area contributed by atoms with Gasteiger partial charge in [0, 0.05) is 19.3 Å². The van der Waals surface area contributed by atoms with Gasteiger partial charge in [-0.2, -0.15) is 0 Å². The van der Waals surface area contributed by atoms with Gasteiger partial charge >= 0.3 is 17.9 Å². The Hall–Kier alpha value is -4.71. The van der Waals surface area contributed by atoms with Gasteiger partial charge in [0.1, 0.15) is 13.2 Å². The van der Waals surface area contributed by atoms with Gasteiger partial charge in [-0.25, -0.2) is 0 Å². The van der Waals surface area contributed by atoms with E-state index < -0.39 is 12.1 Å². The molecule has 0 bridgehead atoms. The lowest BCUT2D eigenvalue weighted by Gasteiger charge is -2.18. The Kier molecular flexibility index (Phi) is 47.2. The van der Waals surface area contributed by atoms with Crippen molar-refractivity contribution in [1.82, 2.24) is 0 Å². The Balaban J connectivity index is 4.65. The summed E-state index contributed by atoms with van der Waals surface area (Å²) in [6.45, 7) is 6.20. The number of ether oxygens (including phenoxy) is 3. The quantitative estimate of drug-likeness (QED) is 0.0200. The molecule has 0 aliphatic rings. The van der Waals surface area contributed by atoms with Crippen molar-refractivity contribution in [2.45, 2.75) is 187 Å². The predicted molar refractivity (Wildman–Crippen MR) is 274 cm³/mol. The highest BCUT2D eigenvalue weighted by atomic mass is 16.6. The monoisotopic (exact) mass is 881 g/mol. The molecule has 0 fully saturated rings. The average molecular weight is 881 g/mol. The number of carbonyl (C=O) groups is 3. The van der Waals surface area contributed by atoms with Gasteiger partial charge in [0.2, 0.25) is 0 Å². The summed E-state index contributed by atoms with van der Waals surface area (Å²) in [6.07, 6.45) is 72.7. The first-order valence-corrected chi connectivity index (χ1v) is 24.9. The van der Waals surface area contributed by atoms with Crippen LogP contribution in [0.5, 0.6) is 0 Å². The molecular weight excluding hydrogens is 793 g/mol. The number of hydrogen-bond acceptors (Lipinski definition) is 6. The van der Waals surface area contributed by atoms with E-state index >= 15 is 0 Å². The molecule has 0 amide bonds. The summed E-state index contributed by atoms with van der Waals surface area (Å²) in [4.78, 5) is 37.9. The Morgan fingerprint density at radius 3 is 1.25 bits per heavy atom. The lowest BCUT2D eigenvalue weighted by Crippen LogP contribution is -2.30. The summed E-state index contributed by atoms with van der Waals surface area (Å²) in [6, 6.07) is 0. The first-order valence-electron chi connectivity index (χ1n) is 24.9. The zero-order chi connectivity index (χ0) is 46.5. The zero-order valence-corrected chi connectivity index (χ0v) is 40.5. The number of unbranched alkanes of at least 4 members (excludes halogenated alkanes) is 9. The van der Waals surface area contributed by atoms with E-state index in [-0.39, 0.29) is 38.0 Å². The minimum Gasteiger partial charge on any atom is -0.462 e. The molecule has 0 aromatic carbocycles. The first kappa shape index (κ1) is 59.3. The van der Waals surface area contributed by atoms with Crippen molar-refractivity contribution in [3.63, 3.8) is 0 Å². The molecule has 0 aliphatic heterocycles. The topological polar surface area (TPSA) is 78.9 Å². The van der Waals surface area contributed by atoms with Gasteiger partial charge in [0.05, 0.1) is 0 Å². The van der Waals surface area contributed by atoms with Gasteiger partial charge in [-0.1, -0.05) is 199 Å². The van der Waals surface area contributed by atoms with Crippen molar-refractivity contribution < 1.29 is 28.6 Å². The maximum atomic E-state index is 12.8. The van der Waals surface area contributed by atoms with Crippen molar-refractivity contribution in [2.24, 2.45) is 0 Å². The Labute approximate surface area is 391 Å². The van der Waals surface area contributed by atoms with E-state index in [0.717, 1.165) is 103 Å². The van der Waals surface area contributed by atoms with Crippen LogP contribution in [0.3, 0.4) is 0 Å². The third-order valence-corrected chi connectivity index (χ3v) is 9.63. The fourth-order valence-electron chi connectivity index (χ4n) is 5.95. The van der Waals surface area contributed by atoms with Crippen LogP contribution in [0.1, 0.15) is 181 Å². The highest BCUT2D eigenvalue weighted by Gasteiger charge is 2.19. The number of rotatable bonds is 42. The van der Waals surface area contributed by atoms with Crippen molar-refractivity contribution >= 4 is 17.9 Å². The SMILES string of the molecule is CC\C=C/C=C\C=C/CCCCCCCC(=O)OCC(COC(=O)CCC/C=C\C/C=C\C/C=C\C/C=C\CCCCC)OC(=O)CC/C=C\C/C=C\C/C=C\C/C=C\C/C=C\CC. The second kappa shape index (κ2) is 50.9. The van der Waals surface area contributed by atoms with Crippen molar-refractivity contribution in [3.8, 4) is 0 Å². The van der Waals surface area contributed by atoms with E-state index in [2.05, 4.69) is 148 Å². The van der Waals surface area contributed by atoms with Crippen molar-refractivity contribution in [1.29, 1.82) is 0 Å². The Bertz CT molecular complexity index is 1480. The van der Waals surface area contributed by atoms with E-state index in [1.807, 2.05) is 18.2 Å². The predicted octanol–water partition coefficient (Wildman–Crippen LogP) is 16.5. The van der Waals surface area contributed by atoms with Crippen molar-refractivity contribution in [2.75, 3.05) is 13.2 Å². The van der Waals surface area contributed by atoms with E-state index in [9.17, 15) is 14.4 Å². The molecule has 0 heterocycles. The second-order valence-electron chi connectivity index (χ2n) is 15.7. The Morgan fingerprint density at radius 2 is 0.734 bits per heavy atom. The van der Waals surface area contributed by atoms with E-state index in [4.69, 9.17) is 14.2 Å². The summed E-state index contributed by atoms with van der Waals surface area (Å²) in [5.74, 6) is -1.12. The molecule has 64 heavy (non-hydrogen) atoms. The highest BCUT2D eigenvalue weighted by Crippen LogP contribution is 2.10. The normalized spacial score (nSPS) is 13.4. The van der Waals surface area contributed by atoms with Crippen LogP contribution in [-0.4, -0.2) is 37.2 Å². The third kappa shape index (κ3) is 48.3. The van der Waals surface area contributed by atoms with Gasteiger partial charge in [-0.3, -0.25) is 14.4 Å². The lowest BCUT2D eigenvalue weighted by molar-refractivity contribution is -0.166. The lowest BCUT2D eigenvalue weighted by atomic mass is 10.1. The minimum atomic E-state index is -0.854. The van der Waals surface area contributed by atoms with Crippen LogP contribution < -0.4 is 0 Å². The number of allylic oxidation sites excluding steroid dienone is 24. The number of hydrogen-bond donors (Lipinski definition) is 0. The molecular formula is C58H88O6. The molecule has 0 aromatic rings. The number of esters is 3. The summed E-state index contributed by atoms with van der Waals surface area (Å²) < 4.78 is 16.6. The molecule has 1 atom stereocenters. The molecule has 1 unspecified atom stereocenters. The van der Waals surface area contributed by atoms with E-state index in [1.54, 1.807) is 0 Å². The molecule has 0 radical (unpaired) electrons.